The highest BCUT2D eigenvalue weighted by Crippen LogP contribution is 2.44. The Morgan fingerprint density at radius 1 is 0.935 bits per heavy atom. The molecule has 0 aromatic carbocycles. The number of aliphatic hydroxyl groups excluding tert-OH is 1. The van der Waals surface area contributed by atoms with Crippen LogP contribution in [0.2, 0.25) is 0 Å². The molecule has 0 saturated carbocycles. The first-order valence-corrected chi connectivity index (χ1v) is 13.3. The van der Waals surface area contributed by atoms with E-state index in [-0.39, 0.29) is 13.2 Å². The zero-order valence-corrected chi connectivity index (χ0v) is 21.1. The summed E-state index contributed by atoms with van der Waals surface area (Å²) in [6.07, 6.45) is 12.4. The molecule has 0 radical (unpaired) electrons. The molecule has 9 heteroatoms. The number of hydrogen-bond donors (Lipinski definition) is 2. The molecule has 0 rings (SSSR count). The molecule has 8 nitrogen and oxygen atoms in total. The number of carbonyl (C=O) groups is 1. The predicted octanol–water partition coefficient (Wildman–Crippen LogP) is 4.43. The van der Waals surface area contributed by atoms with Crippen LogP contribution in [0.1, 0.15) is 84.0 Å². The second kappa shape index (κ2) is 18.0. The van der Waals surface area contributed by atoms with Crippen LogP contribution in [0.5, 0.6) is 0 Å². The molecule has 0 spiro atoms. The monoisotopic (exact) mass is 468 g/mol. The van der Waals surface area contributed by atoms with Gasteiger partial charge in [-0.15, -0.1) is 0 Å². The van der Waals surface area contributed by atoms with Crippen molar-refractivity contribution in [2.75, 3.05) is 47.5 Å². The van der Waals surface area contributed by atoms with Crippen LogP contribution >= 0.6 is 7.82 Å². The molecule has 1 unspecified atom stereocenters. The highest BCUT2D eigenvalue weighted by molar-refractivity contribution is 7.47. The van der Waals surface area contributed by atoms with E-state index in [1.807, 2.05) is 21.1 Å². The summed E-state index contributed by atoms with van der Waals surface area (Å²) in [5.74, 6) is -0.392. The van der Waals surface area contributed by atoms with Crippen molar-refractivity contribution < 1.29 is 37.6 Å². The maximum Gasteiger partial charge on any atom is 0.472 e. The number of nitrogens with zero attached hydrogens (tertiary/aromatic N) is 1. The van der Waals surface area contributed by atoms with Gasteiger partial charge in [0.1, 0.15) is 25.9 Å². The summed E-state index contributed by atoms with van der Waals surface area (Å²) >= 11 is 0. The Bertz CT molecular complexity index is 497. The van der Waals surface area contributed by atoms with E-state index < -0.39 is 26.5 Å². The fourth-order valence-corrected chi connectivity index (χ4v) is 3.83. The summed E-state index contributed by atoms with van der Waals surface area (Å²) < 4.78 is 27.4. The fraction of sp³-hybridized carbons (Fsp3) is 0.955. The minimum atomic E-state index is -4.32. The first-order chi connectivity index (χ1) is 14.6. The van der Waals surface area contributed by atoms with Gasteiger partial charge in [0.05, 0.1) is 27.7 Å². The van der Waals surface area contributed by atoms with E-state index in [4.69, 9.17) is 13.8 Å². The number of likely N-dealkylation sites (N-methyl/N-ethyl adjacent to an activating group) is 1. The number of hydrogen-bond acceptors (Lipinski definition) is 6. The van der Waals surface area contributed by atoms with Crippen molar-refractivity contribution in [3.05, 3.63) is 0 Å². The summed E-state index contributed by atoms with van der Waals surface area (Å²) in [7, 11) is 1.47. The zero-order valence-electron chi connectivity index (χ0n) is 20.2. The van der Waals surface area contributed by atoms with E-state index in [9.17, 15) is 19.4 Å². The highest BCUT2D eigenvalue weighted by atomic mass is 31.2. The van der Waals surface area contributed by atoms with Crippen LogP contribution in [-0.2, 0) is 23.1 Å². The fourth-order valence-electron chi connectivity index (χ4n) is 2.96. The first kappa shape index (κ1) is 30.5. The summed E-state index contributed by atoms with van der Waals surface area (Å²) in [4.78, 5) is 21.6. The van der Waals surface area contributed by atoms with Crippen molar-refractivity contribution in [3.8, 4) is 0 Å². The average Bonchev–Trinajstić information content (AvgIpc) is 2.68. The molecule has 0 saturated heterocycles. The summed E-state index contributed by atoms with van der Waals surface area (Å²) in [5.41, 5.74) is 0. The smallest absolute Gasteiger partial charge is 0.463 e. The third-order valence-electron chi connectivity index (χ3n) is 4.92. The number of phosphoric acid groups is 1. The van der Waals surface area contributed by atoms with Crippen molar-refractivity contribution in [2.24, 2.45) is 0 Å². The lowest BCUT2D eigenvalue weighted by atomic mass is 10.1. The third kappa shape index (κ3) is 21.1. The van der Waals surface area contributed by atoms with Gasteiger partial charge in [0.15, 0.2) is 0 Å². The third-order valence-corrected chi connectivity index (χ3v) is 5.99. The van der Waals surface area contributed by atoms with Gasteiger partial charge in [-0.2, -0.15) is 0 Å². The number of esters is 1. The minimum Gasteiger partial charge on any atom is -0.463 e. The molecule has 31 heavy (non-hydrogen) atoms. The van der Waals surface area contributed by atoms with Gasteiger partial charge in [-0.1, -0.05) is 71.1 Å². The van der Waals surface area contributed by atoms with Crippen LogP contribution in [0.4, 0.5) is 0 Å². The quantitative estimate of drug-likeness (QED) is 0.111. The van der Waals surface area contributed by atoms with Gasteiger partial charge in [0.2, 0.25) is 0 Å². The van der Waals surface area contributed by atoms with Gasteiger partial charge in [-0.3, -0.25) is 13.8 Å². The minimum absolute atomic E-state index is 0.0358. The Hall–Kier alpha value is -0.500. The first-order valence-electron chi connectivity index (χ1n) is 11.8. The van der Waals surface area contributed by atoms with Crippen molar-refractivity contribution in [2.45, 2.75) is 90.1 Å². The maximum atomic E-state index is 12.0. The Labute approximate surface area is 189 Å². The van der Waals surface area contributed by atoms with Crippen molar-refractivity contribution in [1.82, 2.24) is 0 Å². The van der Waals surface area contributed by atoms with E-state index in [1.54, 1.807) is 0 Å². The molecule has 0 aromatic heterocycles. The molecule has 0 aliphatic rings. The SMILES string of the molecule is CCCCCCCCCCCCCC(=O)OC[C@@H](CO)OP(=O)(O)OCC[N+](C)(C)C. The molecule has 0 aliphatic carbocycles. The molecule has 2 atom stereocenters. The van der Waals surface area contributed by atoms with Crippen LogP contribution in [0, 0.1) is 0 Å². The van der Waals surface area contributed by atoms with E-state index in [0.717, 1.165) is 19.3 Å². The molecule has 0 bridgehead atoms. The Balaban J connectivity index is 3.80. The van der Waals surface area contributed by atoms with Crippen molar-refractivity contribution in [3.63, 3.8) is 0 Å². The van der Waals surface area contributed by atoms with Crippen molar-refractivity contribution >= 4 is 13.8 Å². The zero-order chi connectivity index (χ0) is 23.6. The number of unbranched alkanes of at least 4 members (excludes halogenated alkanes) is 10. The highest BCUT2D eigenvalue weighted by Gasteiger charge is 2.28. The van der Waals surface area contributed by atoms with Gasteiger partial charge in [-0.05, 0) is 6.42 Å². The summed E-state index contributed by atoms with van der Waals surface area (Å²) in [6, 6.07) is 0. The second-order valence-corrected chi connectivity index (χ2v) is 10.6. The van der Waals surface area contributed by atoms with Crippen LogP contribution in [0.25, 0.3) is 0 Å². The largest absolute Gasteiger partial charge is 0.472 e. The van der Waals surface area contributed by atoms with E-state index >= 15 is 0 Å². The molecule has 0 aliphatic heterocycles. The van der Waals surface area contributed by atoms with Gasteiger partial charge >= 0.3 is 13.8 Å². The van der Waals surface area contributed by atoms with E-state index in [0.29, 0.717) is 17.4 Å². The summed E-state index contributed by atoms with van der Waals surface area (Å²) in [6.45, 7) is 1.96. The van der Waals surface area contributed by atoms with Crippen LogP contribution in [0.15, 0.2) is 0 Å². The van der Waals surface area contributed by atoms with Crippen LogP contribution in [0.3, 0.4) is 0 Å². The average molecular weight is 469 g/mol. The van der Waals surface area contributed by atoms with Gasteiger partial charge < -0.3 is 19.2 Å². The number of aliphatic hydroxyl groups is 1. The van der Waals surface area contributed by atoms with Gasteiger partial charge in [-0.25, -0.2) is 4.57 Å². The molecular weight excluding hydrogens is 421 g/mol. The Morgan fingerprint density at radius 3 is 1.94 bits per heavy atom. The van der Waals surface area contributed by atoms with Crippen LogP contribution in [-0.4, -0.2) is 74.1 Å². The molecular formula is C22H47NO7P+. The normalized spacial score (nSPS) is 14.9. The number of rotatable bonds is 21. The molecule has 0 fully saturated rings. The molecule has 0 aromatic rings. The lowest BCUT2D eigenvalue weighted by molar-refractivity contribution is -0.870. The molecule has 0 amide bonds. The molecule has 186 valence electrons. The summed E-state index contributed by atoms with van der Waals surface area (Å²) in [5, 5.41) is 9.33. The standard InChI is InChI=1S/C22H46NO7P/c1-5-6-7-8-9-10-11-12-13-14-15-16-22(25)28-20-21(19-24)30-31(26,27)29-18-17-23(2,3)4/h21,24H,5-20H2,1-4H3/p+1/t21-/m1/s1. The Kier molecular flexibility index (Phi) is 17.7. The van der Waals surface area contributed by atoms with Crippen molar-refractivity contribution in [1.29, 1.82) is 0 Å². The van der Waals surface area contributed by atoms with Gasteiger partial charge in [0, 0.05) is 6.42 Å². The van der Waals surface area contributed by atoms with Crippen LogP contribution < -0.4 is 0 Å². The Morgan fingerprint density at radius 2 is 1.45 bits per heavy atom. The topological polar surface area (TPSA) is 102 Å². The lowest BCUT2D eigenvalue weighted by Crippen LogP contribution is -2.37. The molecule has 2 N–H and O–H groups in total. The lowest BCUT2D eigenvalue weighted by Gasteiger charge is -2.24. The number of quaternary nitrogens is 1. The van der Waals surface area contributed by atoms with E-state index in [1.165, 1.54) is 51.4 Å². The molecule has 0 heterocycles. The number of ether oxygens (including phenoxy) is 1. The van der Waals surface area contributed by atoms with Gasteiger partial charge in [0.25, 0.3) is 0 Å². The number of phosphoric ester groups is 1. The predicted molar refractivity (Wildman–Crippen MR) is 123 cm³/mol. The second-order valence-electron chi connectivity index (χ2n) is 9.19. The maximum absolute atomic E-state index is 12.0. The van der Waals surface area contributed by atoms with E-state index in [2.05, 4.69) is 6.92 Å². The number of carbonyl (C=O) groups excluding carboxylic acids is 1.